The van der Waals surface area contributed by atoms with Crippen LogP contribution >= 0.6 is 0 Å². The predicted octanol–water partition coefficient (Wildman–Crippen LogP) is 3.64. The van der Waals surface area contributed by atoms with E-state index in [1.165, 1.54) is 6.26 Å². The Morgan fingerprint density at radius 3 is 2.17 bits per heavy atom. The normalized spacial score (nSPS) is 40.9. The van der Waals surface area contributed by atoms with Gasteiger partial charge >= 0.3 is 6.36 Å². The number of rotatable bonds is 4. The molecule has 8 atom stereocenters. The van der Waals surface area contributed by atoms with Gasteiger partial charge in [0.15, 0.2) is 0 Å². The molecule has 2 heterocycles. The molecule has 228 valence electrons. The van der Waals surface area contributed by atoms with Crippen molar-refractivity contribution in [2.24, 2.45) is 17.8 Å². The Morgan fingerprint density at radius 1 is 0.875 bits per heavy atom. The maximum Gasteiger partial charge on any atom is 0.522 e. The average molecular weight is 592 g/mol. The summed E-state index contributed by atoms with van der Waals surface area (Å²) in [6.45, 7) is 4.02. The smallest absolute Gasteiger partial charge is 0.334 e. The van der Waals surface area contributed by atoms with Crippen molar-refractivity contribution in [3.8, 4) is 0 Å². The monoisotopic (exact) mass is 591 g/mol. The lowest BCUT2D eigenvalue weighted by Gasteiger charge is -2.55. The predicted molar refractivity (Wildman–Crippen MR) is 143 cm³/mol. The third kappa shape index (κ3) is 6.33. The molecule has 5 aliphatic rings. The molecule has 5 rings (SSSR count). The molecule has 12 heteroatoms. The van der Waals surface area contributed by atoms with Crippen molar-refractivity contribution in [1.82, 2.24) is 15.1 Å². The van der Waals surface area contributed by atoms with E-state index in [2.05, 4.69) is 10.1 Å². The van der Waals surface area contributed by atoms with E-state index in [1.54, 1.807) is 6.92 Å². The number of sulfone groups is 1. The summed E-state index contributed by atoms with van der Waals surface area (Å²) in [6, 6.07) is -0.704. The Morgan fingerprint density at radius 2 is 1.55 bits per heavy atom. The van der Waals surface area contributed by atoms with Gasteiger partial charge in [0.1, 0.15) is 9.84 Å². The van der Waals surface area contributed by atoms with Crippen molar-refractivity contribution >= 4 is 21.7 Å². The Bertz CT molecular complexity index is 1060. The molecule has 0 aromatic rings. The van der Waals surface area contributed by atoms with Crippen LogP contribution in [0.25, 0.3) is 0 Å². The van der Waals surface area contributed by atoms with Crippen molar-refractivity contribution in [2.75, 3.05) is 12.8 Å². The minimum atomic E-state index is -4.65. The van der Waals surface area contributed by atoms with E-state index in [-0.39, 0.29) is 47.1 Å². The summed E-state index contributed by atoms with van der Waals surface area (Å²) in [7, 11) is -3.04. The van der Waals surface area contributed by atoms with Gasteiger partial charge in [0.05, 0.1) is 29.5 Å². The Hall–Kier alpha value is -1.40. The fraction of sp³-hybridized carbons (Fsp3) is 0.929. The van der Waals surface area contributed by atoms with E-state index < -0.39 is 28.3 Å². The van der Waals surface area contributed by atoms with Crippen molar-refractivity contribution in [3.63, 3.8) is 0 Å². The van der Waals surface area contributed by atoms with E-state index in [0.29, 0.717) is 56.9 Å². The highest BCUT2D eigenvalue weighted by Crippen LogP contribution is 2.44. The highest BCUT2D eigenvalue weighted by molar-refractivity contribution is 7.91. The highest BCUT2D eigenvalue weighted by atomic mass is 32.2. The minimum absolute atomic E-state index is 0.00539. The maximum atomic E-state index is 14.0. The molecule has 7 unspecified atom stereocenters. The number of alkyl halides is 3. The number of carbonyl (C=O) groups excluding carboxylic acids is 2. The molecular formula is C28H44F3N3O5S. The molecule has 3 aliphatic carbocycles. The van der Waals surface area contributed by atoms with Gasteiger partial charge in [-0.15, -0.1) is 13.2 Å². The van der Waals surface area contributed by atoms with E-state index in [1.807, 2.05) is 16.7 Å². The number of hydrogen-bond acceptors (Lipinski definition) is 6. The summed E-state index contributed by atoms with van der Waals surface area (Å²) in [6.07, 6.45) is 3.13. The zero-order valence-corrected chi connectivity index (χ0v) is 24.6. The standard InChI is InChI=1S/C28H44F3N3O5S/c1-16-15-33(27(36)24-13-20-12-21(39-28(29,30)31)7-10-23(20)32-24)26-14-19(6-11-25(26)34(16)17(2)35)18-4-8-22(9-5-18)40(3,37)38/h16,18-26,32H,4-15H2,1-3H3/t16-,18?,19?,20?,21?,22?,23?,24?,25?,26?/m0/s1. The molecule has 0 spiro atoms. The quantitative estimate of drug-likeness (QED) is 0.537. The lowest BCUT2D eigenvalue weighted by atomic mass is 9.69. The summed E-state index contributed by atoms with van der Waals surface area (Å²) in [5, 5.41) is 3.18. The number of nitrogens with zero attached hydrogens (tertiary/aromatic N) is 2. The van der Waals surface area contributed by atoms with Gasteiger partial charge in [0.2, 0.25) is 11.8 Å². The van der Waals surface area contributed by atoms with E-state index >= 15 is 0 Å². The third-order valence-corrected chi connectivity index (χ3v) is 12.3. The number of fused-ring (bicyclic) bond motifs is 2. The molecule has 0 bridgehead atoms. The first-order valence-electron chi connectivity index (χ1n) is 15.0. The number of hydrogen-bond donors (Lipinski definition) is 1. The zero-order valence-electron chi connectivity index (χ0n) is 23.7. The molecular weight excluding hydrogens is 547 g/mol. The van der Waals surface area contributed by atoms with Crippen molar-refractivity contribution in [3.05, 3.63) is 0 Å². The minimum Gasteiger partial charge on any atom is -0.334 e. The lowest BCUT2D eigenvalue weighted by Crippen LogP contribution is -2.68. The topological polar surface area (TPSA) is 96.0 Å². The van der Waals surface area contributed by atoms with E-state index in [0.717, 1.165) is 32.1 Å². The Kier molecular flexibility index (Phi) is 8.54. The zero-order chi connectivity index (χ0) is 29.0. The van der Waals surface area contributed by atoms with Gasteiger partial charge in [-0.3, -0.25) is 14.3 Å². The second kappa shape index (κ2) is 11.4. The summed E-state index contributed by atoms with van der Waals surface area (Å²) in [5.74, 6) is 0.764. The maximum absolute atomic E-state index is 14.0. The van der Waals surface area contributed by atoms with Crippen LogP contribution in [0.3, 0.4) is 0 Å². The fourth-order valence-corrected chi connectivity index (χ4v) is 10.00. The summed E-state index contributed by atoms with van der Waals surface area (Å²) < 4.78 is 66.8. The van der Waals surface area contributed by atoms with Gasteiger partial charge in [-0.2, -0.15) is 0 Å². The van der Waals surface area contributed by atoms with Crippen LogP contribution < -0.4 is 5.32 Å². The van der Waals surface area contributed by atoms with E-state index in [4.69, 9.17) is 0 Å². The van der Waals surface area contributed by atoms with Crippen molar-refractivity contribution in [2.45, 2.75) is 132 Å². The van der Waals surface area contributed by atoms with Crippen LogP contribution in [-0.4, -0.2) is 90.8 Å². The molecule has 5 fully saturated rings. The van der Waals surface area contributed by atoms with Crippen LogP contribution in [0.2, 0.25) is 0 Å². The first-order chi connectivity index (χ1) is 18.7. The van der Waals surface area contributed by atoms with Gasteiger partial charge in [-0.25, -0.2) is 8.42 Å². The number of carbonyl (C=O) groups is 2. The molecule has 0 radical (unpaired) electrons. The molecule has 2 aliphatic heterocycles. The van der Waals surface area contributed by atoms with Gasteiger partial charge in [-0.1, -0.05) is 0 Å². The fourth-order valence-electron chi connectivity index (χ4n) is 8.87. The SMILES string of the molecule is CC(=O)N1C2CCC(C3CCC(S(C)(=O)=O)CC3)CC2N(C(=O)C2CC3CC(OC(F)(F)F)CCC3N2)C[C@@H]1C. The average Bonchev–Trinajstić information content (AvgIpc) is 3.29. The second-order valence-electron chi connectivity index (χ2n) is 13.2. The molecule has 3 saturated carbocycles. The Balaban J connectivity index is 1.28. The number of halogens is 3. The lowest BCUT2D eigenvalue weighted by molar-refractivity contribution is -0.346. The first-order valence-corrected chi connectivity index (χ1v) is 17.0. The summed E-state index contributed by atoms with van der Waals surface area (Å²) in [4.78, 5) is 30.6. The molecule has 2 saturated heterocycles. The van der Waals surface area contributed by atoms with Gasteiger partial charge < -0.3 is 15.1 Å². The van der Waals surface area contributed by atoms with Crippen molar-refractivity contribution < 1.29 is 35.9 Å². The number of ether oxygens (including phenoxy) is 1. The van der Waals surface area contributed by atoms with Crippen molar-refractivity contribution in [1.29, 1.82) is 0 Å². The van der Waals surface area contributed by atoms with Gasteiger partial charge in [0.25, 0.3) is 0 Å². The molecule has 0 aromatic heterocycles. The number of nitrogens with one attached hydrogen (secondary N) is 1. The van der Waals surface area contributed by atoms with Crippen LogP contribution in [0.1, 0.15) is 84.5 Å². The molecule has 0 aromatic carbocycles. The van der Waals surface area contributed by atoms with Crippen LogP contribution in [0.4, 0.5) is 13.2 Å². The second-order valence-corrected chi connectivity index (χ2v) is 15.5. The largest absolute Gasteiger partial charge is 0.522 e. The number of amides is 2. The summed E-state index contributed by atoms with van der Waals surface area (Å²) >= 11 is 0. The van der Waals surface area contributed by atoms with Gasteiger partial charge in [0, 0.05) is 31.8 Å². The van der Waals surface area contributed by atoms with Gasteiger partial charge in [-0.05, 0) is 95.3 Å². The summed E-state index contributed by atoms with van der Waals surface area (Å²) in [5.41, 5.74) is 0. The van der Waals surface area contributed by atoms with Crippen LogP contribution in [0.5, 0.6) is 0 Å². The van der Waals surface area contributed by atoms with Crippen LogP contribution in [0.15, 0.2) is 0 Å². The molecule has 2 amide bonds. The molecule has 1 N–H and O–H groups in total. The molecule has 8 nitrogen and oxygen atoms in total. The third-order valence-electron chi connectivity index (χ3n) is 10.6. The van der Waals surface area contributed by atoms with Crippen LogP contribution in [0, 0.1) is 17.8 Å². The number of piperazine rings is 1. The highest BCUT2D eigenvalue weighted by Gasteiger charge is 2.51. The molecule has 40 heavy (non-hydrogen) atoms. The van der Waals surface area contributed by atoms with Crippen LogP contribution in [-0.2, 0) is 24.2 Å². The first kappa shape index (κ1) is 30.1. The van der Waals surface area contributed by atoms with E-state index in [9.17, 15) is 31.2 Å². The Labute approximate surface area is 235 Å².